The van der Waals surface area contributed by atoms with Gasteiger partial charge in [-0.15, -0.1) is 0 Å². The van der Waals surface area contributed by atoms with E-state index in [4.69, 9.17) is 11.6 Å². The van der Waals surface area contributed by atoms with Gasteiger partial charge in [-0.1, -0.05) is 31.4 Å². The molecule has 110 valence electrons. The highest BCUT2D eigenvalue weighted by atomic mass is 35.5. The van der Waals surface area contributed by atoms with Gasteiger partial charge in [-0.25, -0.2) is 0 Å². The number of likely N-dealkylation sites (tertiary alicyclic amines) is 1. The fraction of sp³-hybridized carbons (Fsp3) is 0.600. The van der Waals surface area contributed by atoms with Crippen LogP contribution in [0.1, 0.15) is 44.6 Å². The minimum Gasteiger partial charge on any atom is -0.296 e. The second-order valence-electron chi connectivity index (χ2n) is 5.44. The molecule has 1 fully saturated rings. The summed E-state index contributed by atoms with van der Waals surface area (Å²) in [7, 11) is 0. The number of halogens is 1. The Morgan fingerprint density at radius 2 is 2.25 bits per heavy atom. The molecule has 2 rings (SSSR count). The molecule has 20 heavy (non-hydrogen) atoms. The number of piperidine rings is 1. The van der Waals surface area contributed by atoms with Crippen molar-refractivity contribution in [2.24, 2.45) is 0 Å². The zero-order valence-electron chi connectivity index (χ0n) is 11.8. The molecule has 4 nitrogen and oxygen atoms in total. The number of benzene rings is 1. The zero-order valence-corrected chi connectivity index (χ0v) is 12.6. The molecule has 0 aliphatic carbocycles. The number of hydrogen-bond donors (Lipinski definition) is 0. The van der Waals surface area contributed by atoms with E-state index in [-0.39, 0.29) is 10.6 Å². The third-order valence-electron chi connectivity index (χ3n) is 3.98. The van der Waals surface area contributed by atoms with Crippen LogP contribution in [0.4, 0.5) is 5.69 Å². The minimum absolute atomic E-state index is 0.119. The molecule has 1 aromatic rings. The molecule has 1 atom stereocenters. The van der Waals surface area contributed by atoms with Crippen LogP contribution in [0.3, 0.4) is 0 Å². The Bertz CT molecular complexity index is 477. The van der Waals surface area contributed by atoms with E-state index in [9.17, 15) is 10.1 Å². The Balaban J connectivity index is 2.14. The fourth-order valence-corrected chi connectivity index (χ4v) is 3.12. The standard InChI is InChI=1S/C15H21ClN2O2/c1-2-5-13-6-3-4-9-17(13)11-12-10-14(18(19)20)7-8-15(12)16/h7-8,10,13H,2-6,9,11H2,1H3. The van der Waals surface area contributed by atoms with Gasteiger partial charge in [-0.2, -0.15) is 0 Å². The van der Waals surface area contributed by atoms with Crippen LogP contribution >= 0.6 is 11.6 Å². The predicted octanol–water partition coefficient (Wildman–Crippen LogP) is 4.40. The lowest BCUT2D eigenvalue weighted by molar-refractivity contribution is -0.384. The number of nitrogens with zero attached hydrogens (tertiary/aromatic N) is 2. The first-order valence-electron chi connectivity index (χ1n) is 7.28. The summed E-state index contributed by atoms with van der Waals surface area (Å²) in [4.78, 5) is 12.9. The molecule has 1 aliphatic heterocycles. The summed E-state index contributed by atoms with van der Waals surface area (Å²) in [6.45, 7) is 3.97. The van der Waals surface area contributed by atoms with E-state index in [1.165, 1.54) is 38.2 Å². The summed E-state index contributed by atoms with van der Waals surface area (Å²) in [5.74, 6) is 0. The van der Waals surface area contributed by atoms with Crippen LogP contribution < -0.4 is 0 Å². The first kappa shape index (κ1) is 15.3. The van der Waals surface area contributed by atoms with Crippen molar-refractivity contribution in [1.82, 2.24) is 4.90 Å². The average Bonchev–Trinajstić information content (AvgIpc) is 2.43. The van der Waals surface area contributed by atoms with E-state index in [0.29, 0.717) is 17.6 Å². The van der Waals surface area contributed by atoms with E-state index in [2.05, 4.69) is 11.8 Å². The highest BCUT2D eigenvalue weighted by molar-refractivity contribution is 6.31. The molecule has 5 heteroatoms. The normalized spacial score (nSPS) is 20.0. The van der Waals surface area contributed by atoms with Crippen LogP contribution in [0.15, 0.2) is 18.2 Å². The van der Waals surface area contributed by atoms with Gasteiger partial charge in [0, 0.05) is 29.7 Å². The van der Waals surface area contributed by atoms with Gasteiger partial charge in [0.2, 0.25) is 0 Å². The highest BCUT2D eigenvalue weighted by Gasteiger charge is 2.23. The van der Waals surface area contributed by atoms with Crippen molar-refractivity contribution in [2.45, 2.75) is 51.6 Å². The van der Waals surface area contributed by atoms with Crippen LogP contribution in [0, 0.1) is 10.1 Å². The Labute approximate surface area is 124 Å². The first-order chi connectivity index (χ1) is 9.61. The average molecular weight is 297 g/mol. The van der Waals surface area contributed by atoms with Gasteiger partial charge in [-0.3, -0.25) is 15.0 Å². The van der Waals surface area contributed by atoms with Gasteiger partial charge in [0.1, 0.15) is 0 Å². The van der Waals surface area contributed by atoms with E-state index in [0.717, 1.165) is 12.1 Å². The maximum Gasteiger partial charge on any atom is 0.269 e. The molecular formula is C15H21ClN2O2. The largest absolute Gasteiger partial charge is 0.296 e. The maximum atomic E-state index is 10.9. The second kappa shape index (κ2) is 7.04. The fourth-order valence-electron chi connectivity index (χ4n) is 2.94. The van der Waals surface area contributed by atoms with Gasteiger partial charge in [0.25, 0.3) is 5.69 Å². The van der Waals surface area contributed by atoms with Crippen molar-refractivity contribution in [3.8, 4) is 0 Å². The predicted molar refractivity (Wildman–Crippen MR) is 81.1 cm³/mol. The molecule has 0 aromatic heterocycles. The van der Waals surface area contributed by atoms with Gasteiger partial charge in [-0.05, 0) is 37.4 Å². The summed E-state index contributed by atoms with van der Waals surface area (Å²) in [5.41, 5.74) is 0.984. The van der Waals surface area contributed by atoms with E-state index >= 15 is 0 Å². The lowest BCUT2D eigenvalue weighted by Gasteiger charge is -2.35. The van der Waals surface area contributed by atoms with Gasteiger partial charge < -0.3 is 0 Å². The third kappa shape index (κ3) is 3.70. The molecule has 0 bridgehead atoms. The molecule has 1 heterocycles. The van der Waals surface area contributed by atoms with Crippen molar-refractivity contribution >= 4 is 17.3 Å². The summed E-state index contributed by atoms with van der Waals surface area (Å²) in [5, 5.41) is 11.5. The third-order valence-corrected chi connectivity index (χ3v) is 4.35. The SMILES string of the molecule is CCCC1CCCCN1Cc1cc([N+](=O)[O-])ccc1Cl. The van der Waals surface area contributed by atoms with Crippen LogP contribution in [-0.2, 0) is 6.54 Å². The summed E-state index contributed by atoms with van der Waals surface area (Å²) < 4.78 is 0. The Morgan fingerprint density at radius 3 is 2.95 bits per heavy atom. The smallest absolute Gasteiger partial charge is 0.269 e. The van der Waals surface area contributed by atoms with Gasteiger partial charge >= 0.3 is 0 Å². The topological polar surface area (TPSA) is 46.4 Å². The molecule has 0 amide bonds. The molecule has 1 unspecified atom stereocenters. The van der Waals surface area contributed by atoms with Crippen molar-refractivity contribution < 1.29 is 4.92 Å². The minimum atomic E-state index is -0.362. The van der Waals surface area contributed by atoms with E-state index < -0.39 is 0 Å². The first-order valence-corrected chi connectivity index (χ1v) is 7.66. The van der Waals surface area contributed by atoms with E-state index in [1.54, 1.807) is 12.1 Å². The summed E-state index contributed by atoms with van der Waals surface area (Å²) in [6.07, 6.45) is 6.06. The molecule has 0 spiro atoms. The van der Waals surface area contributed by atoms with Crippen LogP contribution in [-0.4, -0.2) is 22.4 Å². The van der Waals surface area contributed by atoms with Crippen molar-refractivity contribution in [1.29, 1.82) is 0 Å². The van der Waals surface area contributed by atoms with Crippen LogP contribution in [0.5, 0.6) is 0 Å². The van der Waals surface area contributed by atoms with Crippen LogP contribution in [0.25, 0.3) is 0 Å². The Kier molecular flexibility index (Phi) is 5.38. The van der Waals surface area contributed by atoms with Crippen LogP contribution in [0.2, 0.25) is 5.02 Å². The highest BCUT2D eigenvalue weighted by Crippen LogP contribution is 2.27. The number of hydrogen-bond acceptors (Lipinski definition) is 3. The summed E-state index contributed by atoms with van der Waals surface area (Å²) >= 11 is 6.20. The van der Waals surface area contributed by atoms with Crippen molar-refractivity contribution in [3.05, 3.63) is 38.9 Å². The lowest BCUT2D eigenvalue weighted by Crippen LogP contribution is -2.38. The maximum absolute atomic E-state index is 10.9. The molecule has 1 aliphatic rings. The van der Waals surface area contributed by atoms with E-state index in [1.807, 2.05) is 0 Å². The Morgan fingerprint density at radius 1 is 1.45 bits per heavy atom. The number of nitro benzene ring substituents is 1. The number of rotatable bonds is 5. The van der Waals surface area contributed by atoms with Gasteiger partial charge in [0.05, 0.1) is 4.92 Å². The Hall–Kier alpha value is -1.13. The molecule has 0 saturated carbocycles. The second-order valence-corrected chi connectivity index (χ2v) is 5.85. The summed E-state index contributed by atoms with van der Waals surface area (Å²) in [6, 6.07) is 5.29. The van der Waals surface area contributed by atoms with Crippen molar-refractivity contribution in [3.63, 3.8) is 0 Å². The molecule has 0 N–H and O–H groups in total. The quantitative estimate of drug-likeness (QED) is 0.597. The lowest BCUT2D eigenvalue weighted by atomic mass is 9.97. The number of nitro groups is 1. The molecule has 1 aromatic carbocycles. The molecular weight excluding hydrogens is 276 g/mol. The van der Waals surface area contributed by atoms with Gasteiger partial charge in [0.15, 0.2) is 0 Å². The zero-order chi connectivity index (χ0) is 14.5. The monoisotopic (exact) mass is 296 g/mol. The molecule has 1 saturated heterocycles. The van der Waals surface area contributed by atoms with Crippen molar-refractivity contribution in [2.75, 3.05) is 6.54 Å². The number of non-ortho nitro benzene ring substituents is 1. The molecule has 0 radical (unpaired) electrons.